The summed E-state index contributed by atoms with van der Waals surface area (Å²) in [6.45, 7) is 2.17. The van der Waals surface area contributed by atoms with Crippen LogP contribution in [0.2, 0.25) is 5.02 Å². The lowest BCUT2D eigenvalue weighted by atomic mass is 10.2. The summed E-state index contributed by atoms with van der Waals surface area (Å²) in [5, 5.41) is 9.37. The van der Waals surface area contributed by atoms with Gasteiger partial charge in [-0.15, -0.1) is 0 Å². The standard InChI is InChI=1S/C14H18ClNO4/c1-2-20-13(18)7-8-16(9-10-17)14(19)11-5-3-4-6-12(11)15/h3-6,17H,2,7-10H2,1H3. The van der Waals surface area contributed by atoms with Crippen molar-refractivity contribution in [3.63, 3.8) is 0 Å². The first-order chi connectivity index (χ1) is 9.60. The van der Waals surface area contributed by atoms with Crippen LogP contribution >= 0.6 is 11.6 Å². The Kier molecular flexibility index (Phi) is 7.04. The molecule has 110 valence electrons. The molecule has 0 spiro atoms. The van der Waals surface area contributed by atoms with Crippen molar-refractivity contribution >= 4 is 23.5 Å². The number of ether oxygens (including phenoxy) is 1. The number of aliphatic hydroxyl groups excluding tert-OH is 1. The number of benzene rings is 1. The van der Waals surface area contributed by atoms with E-state index < -0.39 is 0 Å². The summed E-state index contributed by atoms with van der Waals surface area (Å²) in [5.74, 6) is -0.684. The van der Waals surface area contributed by atoms with Crippen LogP contribution in [0, 0.1) is 0 Å². The molecule has 0 saturated heterocycles. The summed E-state index contributed by atoms with van der Waals surface area (Å²) in [6.07, 6.45) is 0.0873. The van der Waals surface area contributed by atoms with E-state index in [4.69, 9.17) is 21.4 Å². The average Bonchev–Trinajstić information content (AvgIpc) is 2.43. The minimum atomic E-state index is -0.373. The molecule has 0 aliphatic rings. The summed E-state index contributed by atoms with van der Waals surface area (Å²) >= 11 is 5.97. The van der Waals surface area contributed by atoms with E-state index in [2.05, 4.69) is 0 Å². The minimum Gasteiger partial charge on any atom is -0.466 e. The summed E-state index contributed by atoms with van der Waals surface area (Å²) in [5.41, 5.74) is 0.353. The predicted octanol–water partition coefficient (Wildman–Crippen LogP) is 1.73. The zero-order chi connectivity index (χ0) is 15.0. The van der Waals surface area contributed by atoms with Gasteiger partial charge in [0, 0.05) is 13.1 Å². The lowest BCUT2D eigenvalue weighted by Gasteiger charge is -2.21. The molecule has 1 aromatic carbocycles. The predicted molar refractivity (Wildman–Crippen MR) is 75.7 cm³/mol. The first kappa shape index (κ1) is 16.5. The highest BCUT2D eigenvalue weighted by molar-refractivity contribution is 6.33. The Morgan fingerprint density at radius 2 is 2.00 bits per heavy atom. The maximum atomic E-state index is 12.3. The lowest BCUT2D eigenvalue weighted by molar-refractivity contribution is -0.143. The van der Waals surface area contributed by atoms with Crippen LogP contribution in [0.25, 0.3) is 0 Å². The van der Waals surface area contributed by atoms with E-state index in [9.17, 15) is 9.59 Å². The molecule has 20 heavy (non-hydrogen) atoms. The van der Waals surface area contributed by atoms with Crippen LogP contribution in [0.5, 0.6) is 0 Å². The van der Waals surface area contributed by atoms with Crippen LogP contribution in [0.3, 0.4) is 0 Å². The second kappa shape index (κ2) is 8.55. The van der Waals surface area contributed by atoms with E-state index in [-0.39, 0.29) is 38.0 Å². The summed E-state index contributed by atoms with van der Waals surface area (Å²) in [6, 6.07) is 6.67. The minimum absolute atomic E-state index is 0.0873. The molecule has 0 aromatic heterocycles. The van der Waals surface area contributed by atoms with Crippen molar-refractivity contribution in [3.8, 4) is 0 Å². The van der Waals surface area contributed by atoms with E-state index in [0.29, 0.717) is 17.2 Å². The molecule has 1 aromatic rings. The summed E-state index contributed by atoms with van der Waals surface area (Å²) in [4.78, 5) is 25.0. The second-order valence-electron chi connectivity index (χ2n) is 4.05. The van der Waals surface area contributed by atoms with E-state index in [1.54, 1.807) is 31.2 Å². The van der Waals surface area contributed by atoms with Gasteiger partial charge in [0.2, 0.25) is 0 Å². The molecule has 0 heterocycles. The van der Waals surface area contributed by atoms with Crippen LogP contribution < -0.4 is 0 Å². The highest BCUT2D eigenvalue weighted by atomic mass is 35.5. The molecular weight excluding hydrogens is 282 g/mol. The molecule has 0 bridgehead atoms. The largest absolute Gasteiger partial charge is 0.466 e. The Morgan fingerprint density at radius 3 is 2.60 bits per heavy atom. The fraction of sp³-hybridized carbons (Fsp3) is 0.429. The van der Waals surface area contributed by atoms with Crippen LogP contribution in [-0.4, -0.2) is 48.2 Å². The number of nitrogens with zero attached hydrogens (tertiary/aromatic N) is 1. The van der Waals surface area contributed by atoms with Gasteiger partial charge in [0.05, 0.1) is 30.2 Å². The highest BCUT2D eigenvalue weighted by Crippen LogP contribution is 2.17. The van der Waals surface area contributed by atoms with E-state index in [1.807, 2.05) is 0 Å². The quantitative estimate of drug-likeness (QED) is 0.779. The summed E-state index contributed by atoms with van der Waals surface area (Å²) < 4.78 is 4.81. The zero-order valence-electron chi connectivity index (χ0n) is 11.3. The van der Waals surface area contributed by atoms with E-state index >= 15 is 0 Å². The second-order valence-corrected chi connectivity index (χ2v) is 4.46. The van der Waals surface area contributed by atoms with Crippen LogP contribution in [-0.2, 0) is 9.53 Å². The molecule has 0 aliphatic carbocycles. The monoisotopic (exact) mass is 299 g/mol. The zero-order valence-corrected chi connectivity index (χ0v) is 12.1. The van der Waals surface area contributed by atoms with Gasteiger partial charge in [0.15, 0.2) is 0 Å². The van der Waals surface area contributed by atoms with Gasteiger partial charge >= 0.3 is 5.97 Å². The van der Waals surface area contributed by atoms with E-state index in [0.717, 1.165) is 0 Å². The molecule has 0 aliphatic heterocycles. The fourth-order valence-corrected chi connectivity index (χ4v) is 1.92. The van der Waals surface area contributed by atoms with E-state index in [1.165, 1.54) is 4.90 Å². The molecule has 0 fully saturated rings. The molecular formula is C14H18ClNO4. The molecule has 0 unspecified atom stereocenters. The molecule has 0 saturated carbocycles. The van der Waals surface area contributed by atoms with Crippen molar-refractivity contribution in [2.24, 2.45) is 0 Å². The SMILES string of the molecule is CCOC(=O)CCN(CCO)C(=O)c1ccccc1Cl. The number of carbonyl (C=O) groups excluding carboxylic acids is 2. The Labute approximate surface area is 123 Å². The Hall–Kier alpha value is -1.59. The number of amides is 1. The van der Waals surface area contributed by atoms with Gasteiger partial charge in [-0.25, -0.2) is 0 Å². The first-order valence-electron chi connectivity index (χ1n) is 6.40. The third-order valence-electron chi connectivity index (χ3n) is 2.65. The third kappa shape index (κ3) is 4.83. The van der Waals surface area contributed by atoms with Gasteiger partial charge in [-0.2, -0.15) is 0 Å². The van der Waals surface area contributed by atoms with Crippen LogP contribution in [0.4, 0.5) is 0 Å². The molecule has 1 N–H and O–H groups in total. The van der Waals surface area contributed by atoms with Gasteiger partial charge in [0.25, 0.3) is 5.91 Å². The van der Waals surface area contributed by atoms with Crippen molar-refractivity contribution < 1.29 is 19.4 Å². The topological polar surface area (TPSA) is 66.8 Å². The molecule has 1 rings (SSSR count). The smallest absolute Gasteiger partial charge is 0.307 e. The normalized spacial score (nSPS) is 10.2. The van der Waals surface area contributed by atoms with Crippen molar-refractivity contribution in [3.05, 3.63) is 34.9 Å². The van der Waals surface area contributed by atoms with Crippen molar-refractivity contribution in [1.82, 2.24) is 4.90 Å². The number of hydrogen-bond donors (Lipinski definition) is 1. The first-order valence-corrected chi connectivity index (χ1v) is 6.78. The number of rotatable bonds is 7. The van der Waals surface area contributed by atoms with Gasteiger partial charge in [-0.1, -0.05) is 23.7 Å². The molecule has 1 amide bonds. The summed E-state index contributed by atoms with van der Waals surface area (Å²) in [7, 11) is 0. The van der Waals surface area contributed by atoms with Crippen molar-refractivity contribution in [2.45, 2.75) is 13.3 Å². The van der Waals surface area contributed by atoms with Gasteiger partial charge in [0.1, 0.15) is 0 Å². The Morgan fingerprint density at radius 1 is 1.30 bits per heavy atom. The number of hydrogen-bond acceptors (Lipinski definition) is 4. The highest BCUT2D eigenvalue weighted by Gasteiger charge is 2.18. The van der Waals surface area contributed by atoms with Gasteiger partial charge in [-0.3, -0.25) is 9.59 Å². The third-order valence-corrected chi connectivity index (χ3v) is 2.98. The van der Waals surface area contributed by atoms with Crippen LogP contribution in [0.15, 0.2) is 24.3 Å². The number of carbonyl (C=O) groups is 2. The molecule has 6 heteroatoms. The average molecular weight is 300 g/mol. The fourth-order valence-electron chi connectivity index (χ4n) is 1.70. The number of aliphatic hydroxyl groups is 1. The van der Waals surface area contributed by atoms with Gasteiger partial charge < -0.3 is 14.7 Å². The molecule has 0 atom stereocenters. The van der Waals surface area contributed by atoms with Gasteiger partial charge in [-0.05, 0) is 19.1 Å². The molecule has 5 nitrogen and oxygen atoms in total. The van der Waals surface area contributed by atoms with Crippen molar-refractivity contribution in [1.29, 1.82) is 0 Å². The number of halogens is 1. The lowest BCUT2D eigenvalue weighted by Crippen LogP contribution is -2.35. The maximum Gasteiger partial charge on any atom is 0.307 e. The molecule has 0 radical (unpaired) electrons. The Bertz CT molecular complexity index is 464. The van der Waals surface area contributed by atoms with Crippen molar-refractivity contribution in [2.75, 3.05) is 26.3 Å². The number of esters is 1. The maximum absolute atomic E-state index is 12.3. The van der Waals surface area contributed by atoms with Crippen LogP contribution in [0.1, 0.15) is 23.7 Å². The Balaban J connectivity index is 2.72.